The molecule has 3 aliphatic rings. The van der Waals surface area contributed by atoms with E-state index >= 15 is 0 Å². The van der Waals surface area contributed by atoms with Crippen LogP contribution < -0.4 is 10.7 Å². The Bertz CT molecular complexity index is 561. The fourth-order valence-electron chi connectivity index (χ4n) is 4.42. The van der Waals surface area contributed by atoms with Crippen LogP contribution in [-0.2, 0) is 9.53 Å². The van der Waals surface area contributed by atoms with E-state index in [0.717, 1.165) is 19.3 Å². The van der Waals surface area contributed by atoms with E-state index in [2.05, 4.69) is 34.5 Å². The molecule has 154 valence electrons. The minimum absolute atomic E-state index is 0.132. The number of fused-ring (bicyclic) bond motifs is 1. The minimum atomic E-state index is -0.403. The van der Waals surface area contributed by atoms with Gasteiger partial charge in [0.25, 0.3) is 5.91 Å². The van der Waals surface area contributed by atoms with Crippen LogP contribution in [0.4, 0.5) is 4.79 Å². The first-order chi connectivity index (χ1) is 12.9. The second-order valence-electron chi connectivity index (χ2n) is 7.62. The number of hydrogen-bond acceptors (Lipinski definition) is 7. The first-order valence-corrected chi connectivity index (χ1v) is 10.1. The van der Waals surface area contributed by atoms with Crippen molar-refractivity contribution in [3.8, 4) is 0 Å². The van der Waals surface area contributed by atoms with Gasteiger partial charge in [-0.1, -0.05) is 13.8 Å². The largest absolute Gasteiger partial charge is 0.380 e. The molecule has 0 saturated carbocycles. The molecule has 5 unspecified atom stereocenters. The lowest BCUT2D eigenvalue weighted by Gasteiger charge is -2.40. The lowest BCUT2D eigenvalue weighted by Crippen LogP contribution is -2.66. The highest BCUT2D eigenvalue weighted by Gasteiger charge is 2.55. The van der Waals surface area contributed by atoms with Gasteiger partial charge in [-0.2, -0.15) is 0 Å². The van der Waals surface area contributed by atoms with Gasteiger partial charge in [0, 0.05) is 25.7 Å². The summed E-state index contributed by atoms with van der Waals surface area (Å²) in [6.45, 7) is 7.50. The van der Waals surface area contributed by atoms with Crippen molar-refractivity contribution >= 4 is 11.9 Å². The minimum Gasteiger partial charge on any atom is -0.380 e. The van der Waals surface area contributed by atoms with Crippen LogP contribution in [0.2, 0.25) is 0 Å². The number of nitrogens with one attached hydrogen (secondary N) is 2. The maximum atomic E-state index is 13.1. The molecule has 3 saturated heterocycles. The van der Waals surface area contributed by atoms with Gasteiger partial charge < -0.3 is 9.64 Å². The summed E-state index contributed by atoms with van der Waals surface area (Å²) in [5, 5.41) is 5.75. The van der Waals surface area contributed by atoms with Gasteiger partial charge in [-0.3, -0.25) is 19.9 Å². The van der Waals surface area contributed by atoms with Crippen LogP contribution in [0.15, 0.2) is 0 Å². The average Bonchev–Trinajstić information content (AvgIpc) is 3.23. The predicted molar refractivity (Wildman–Crippen MR) is 101 cm³/mol. The number of urea groups is 1. The lowest BCUT2D eigenvalue weighted by atomic mass is 10.1. The third-order valence-corrected chi connectivity index (χ3v) is 6.08. The zero-order valence-electron chi connectivity index (χ0n) is 17.1. The summed E-state index contributed by atoms with van der Waals surface area (Å²) in [4.78, 5) is 30.8. The molecule has 0 radical (unpaired) electrons. The van der Waals surface area contributed by atoms with E-state index < -0.39 is 6.04 Å². The van der Waals surface area contributed by atoms with E-state index in [1.807, 2.05) is 14.0 Å². The molecule has 3 fully saturated rings. The van der Waals surface area contributed by atoms with Gasteiger partial charge in [0.2, 0.25) is 0 Å². The molecule has 5 atom stereocenters. The highest BCUT2D eigenvalue weighted by Crippen LogP contribution is 2.30. The number of carbonyl (C=O) groups is 2. The first-order valence-electron chi connectivity index (χ1n) is 10.1. The Hall–Kier alpha value is -1.26. The molecule has 9 heteroatoms. The maximum absolute atomic E-state index is 13.1. The molecule has 0 aromatic carbocycles. The second kappa shape index (κ2) is 8.40. The van der Waals surface area contributed by atoms with Crippen molar-refractivity contribution in [3.63, 3.8) is 0 Å². The lowest BCUT2D eigenvalue weighted by molar-refractivity contribution is -0.139. The van der Waals surface area contributed by atoms with E-state index in [0.29, 0.717) is 25.3 Å². The molecule has 0 aromatic heterocycles. The molecule has 2 N–H and O–H groups in total. The summed E-state index contributed by atoms with van der Waals surface area (Å²) in [6.07, 6.45) is 2.74. The highest BCUT2D eigenvalue weighted by molar-refractivity contribution is 6.00. The number of likely N-dealkylation sites (N-methyl/N-ethyl adjacent to an activating group) is 2. The SMILES string of the molecule is CCOCCN1C(=O)C2C(NC(N3NC(CC)CC3CC)N2C)N(C)C1=O. The summed E-state index contributed by atoms with van der Waals surface area (Å²) < 4.78 is 5.35. The van der Waals surface area contributed by atoms with Crippen molar-refractivity contribution in [2.45, 2.75) is 70.6 Å². The van der Waals surface area contributed by atoms with Crippen LogP contribution >= 0.6 is 0 Å². The number of nitrogens with zero attached hydrogens (tertiary/aromatic N) is 4. The van der Waals surface area contributed by atoms with Gasteiger partial charge in [-0.15, -0.1) is 0 Å². The summed E-state index contributed by atoms with van der Waals surface area (Å²) in [5.41, 5.74) is 3.60. The fourth-order valence-corrected chi connectivity index (χ4v) is 4.42. The van der Waals surface area contributed by atoms with Gasteiger partial charge >= 0.3 is 6.03 Å². The second-order valence-corrected chi connectivity index (χ2v) is 7.62. The van der Waals surface area contributed by atoms with Crippen molar-refractivity contribution in [1.29, 1.82) is 0 Å². The first kappa shape index (κ1) is 20.5. The number of hydrogen-bond donors (Lipinski definition) is 2. The van der Waals surface area contributed by atoms with Gasteiger partial charge in [0.1, 0.15) is 18.5 Å². The van der Waals surface area contributed by atoms with Gasteiger partial charge in [0.15, 0.2) is 0 Å². The van der Waals surface area contributed by atoms with Crippen LogP contribution in [0, 0.1) is 0 Å². The normalized spacial score (nSPS) is 35.4. The van der Waals surface area contributed by atoms with Gasteiger partial charge in [-0.25, -0.2) is 15.2 Å². The van der Waals surface area contributed by atoms with Crippen LogP contribution in [-0.4, -0.2) is 96.1 Å². The van der Waals surface area contributed by atoms with E-state index in [4.69, 9.17) is 4.74 Å². The van der Waals surface area contributed by atoms with E-state index in [1.54, 1.807) is 11.9 Å². The van der Waals surface area contributed by atoms with Crippen molar-refractivity contribution in [2.24, 2.45) is 0 Å². The highest BCUT2D eigenvalue weighted by atomic mass is 16.5. The van der Waals surface area contributed by atoms with E-state index in [9.17, 15) is 9.59 Å². The molecular formula is C18H34N6O3. The molecular weight excluding hydrogens is 348 g/mol. The Morgan fingerprint density at radius 1 is 1.15 bits per heavy atom. The molecule has 3 aliphatic heterocycles. The van der Waals surface area contributed by atoms with Crippen molar-refractivity contribution < 1.29 is 14.3 Å². The zero-order valence-corrected chi connectivity index (χ0v) is 17.1. The molecule has 27 heavy (non-hydrogen) atoms. The third kappa shape index (κ3) is 3.58. The molecule has 3 amide bonds. The predicted octanol–water partition coefficient (Wildman–Crippen LogP) is 0.198. The molecule has 0 aliphatic carbocycles. The molecule has 0 bridgehead atoms. The maximum Gasteiger partial charge on any atom is 0.327 e. The standard InChI is InChI=1S/C18H34N6O3/c1-6-12-11-13(7-2)24(20-12)17-19-15-14(21(17)4)16(25)23(9-10-27-8-3)18(26)22(15)5/h12-15,17,19-20H,6-11H2,1-5H3. The Morgan fingerprint density at radius 2 is 1.89 bits per heavy atom. The van der Waals surface area contributed by atoms with E-state index in [-0.39, 0.29) is 30.9 Å². The summed E-state index contributed by atoms with van der Waals surface area (Å²) in [5.74, 6) is -0.153. The van der Waals surface area contributed by atoms with Crippen molar-refractivity contribution in [3.05, 3.63) is 0 Å². The van der Waals surface area contributed by atoms with Crippen molar-refractivity contribution in [2.75, 3.05) is 33.9 Å². The Morgan fingerprint density at radius 3 is 2.52 bits per heavy atom. The van der Waals surface area contributed by atoms with Crippen LogP contribution in [0.3, 0.4) is 0 Å². The summed E-state index contributed by atoms with van der Waals surface area (Å²) >= 11 is 0. The topological polar surface area (TPSA) is 80.4 Å². The summed E-state index contributed by atoms with van der Waals surface area (Å²) in [7, 11) is 3.71. The Labute approximate surface area is 161 Å². The number of amides is 3. The number of ether oxygens (including phenoxy) is 1. The van der Waals surface area contributed by atoms with Crippen molar-refractivity contribution in [1.82, 2.24) is 30.5 Å². The van der Waals surface area contributed by atoms with Crippen LogP contribution in [0.25, 0.3) is 0 Å². The third-order valence-electron chi connectivity index (χ3n) is 6.08. The number of hydrazine groups is 1. The molecule has 0 aromatic rings. The van der Waals surface area contributed by atoms with Crippen LogP contribution in [0.1, 0.15) is 40.0 Å². The van der Waals surface area contributed by atoms with Crippen LogP contribution in [0.5, 0.6) is 0 Å². The number of rotatable bonds is 7. The number of imide groups is 1. The number of carbonyl (C=O) groups excluding carboxylic acids is 2. The zero-order chi connectivity index (χ0) is 19.7. The van der Waals surface area contributed by atoms with Gasteiger partial charge in [0.05, 0.1) is 13.2 Å². The molecule has 9 nitrogen and oxygen atoms in total. The average molecular weight is 383 g/mol. The molecule has 3 heterocycles. The van der Waals surface area contributed by atoms with E-state index in [1.165, 1.54) is 4.90 Å². The smallest absolute Gasteiger partial charge is 0.327 e. The van der Waals surface area contributed by atoms with Gasteiger partial charge in [-0.05, 0) is 33.2 Å². The monoisotopic (exact) mass is 382 g/mol. The quantitative estimate of drug-likeness (QED) is 0.609. The Balaban J connectivity index is 1.77. The summed E-state index contributed by atoms with van der Waals surface area (Å²) in [6, 6.07) is 0.181. The molecule has 3 rings (SSSR count). The Kier molecular flexibility index (Phi) is 6.37. The molecule has 0 spiro atoms. The fraction of sp³-hybridized carbons (Fsp3) is 0.889.